The Morgan fingerprint density at radius 1 is 1.40 bits per heavy atom. The van der Waals surface area contributed by atoms with E-state index in [-0.39, 0.29) is 11.3 Å². The Hall–Kier alpha value is -0.410. The summed E-state index contributed by atoms with van der Waals surface area (Å²) in [6.45, 7) is 7.14. The fourth-order valence-corrected chi connectivity index (χ4v) is 1.94. The summed E-state index contributed by atoms with van der Waals surface area (Å²) in [6, 6.07) is 0. The molecular weight excluding hydrogens is 190 g/mol. The summed E-state index contributed by atoms with van der Waals surface area (Å²) in [5.41, 5.74) is 5.43. The van der Waals surface area contributed by atoms with E-state index in [1.54, 1.807) is 7.11 Å². The van der Waals surface area contributed by atoms with Crippen LogP contribution in [-0.4, -0.2) is 26.0 Å². The first-order chi connectivity index (χ1) is 7.07. The molecule has 15 heavy (non-hydrogen) atoms. The molecule has 1 atom stereocenters. The Morgan fingerprint density at radius 3 is 2.27 bits per heavy atom. The van der Waals surface area contributed by atoms with Crippen LogP contribution in [0.4, 0.5) is 0 Å². The largest absolute Gasteiger partial charge is 0.385 e. The minimum absolute atomic E-state index is 0.0494. The van der Waals surface area contributed by atoms with Crippen LogP contribution in [0.3, 0.4) is 0 Å². The lowest BCUT2D eigenvalue weighted by Gasteiger charge is -2.31. The number of nitrogens with two attached hydrogens (primary N) is 1. The third-order valence-corrected chi connectivity index (χ3v) is 3.47. The molecule has 0 spiro atoms. The van der Waals surface area contributed by atoms with E-state index in [9.17, 15) is 4.79 Å². The van der Waals surface area contributed by atoms with Gasteiger partial charge in [0, 0.05) is 31.6 Å². The van der Waals surface area contributed by atoms with Gasteiger partial charge in [-0.3, -0.25) is 4.79 Å². The lowest BCUT2D eigenvalue weighted by molar-refractivity contribution is -0.133. The summed E-state index contributed by atoms with van der Waals surface area (Å²) in [5, 5.41) is 0. The van der Waals surface area contributed by atoms with Crippen molar-refractivity contribution in [3.05, 3.63) is 0 Å². The van der Waals surface area contributed by atoms with Crippen molar-refractivity contribution in [2.75, 3.05) is 20.3 Å². The number of carbonyl (C=O) groups is 1. The molecule has 0 aromatic heterocycles. The van der Waals surface area contributed by atoms with Crippen molar-refractivity contribution in [2.45, 2.75) is 40.0 Å². The van der Waals surface area contributed by atoms with Crippen molar-refractivity contribution < 1.29 is 9.53 Å². The predicted octanol–water partition coefficient (Wildman–Crippen LogP) is 1.99. The summed E-state index contributed by atoms with van der Waals surface area (Å²) in [4.78, 5) is 12.2. The highest BCUT2D eigenvalue weighted by atomic mass is 16.5. The first kappa shape index (κ1) is 14.6. The molecule has 0 bridgehead atoms. The molecule has 0 aromatic rings. The average molecular weight is 215 g/mol. The summed E-state index contributed by atoms with van der Waals surface area (Å²) < 4.78 is 4.99. The van der Waals surface area contributed by atoms with Crippen LogP contribution in [0.25, 0.3) is 0 Å². The molecule has 3 heteroatoms. The Morgan fingerprint density at radius 2 is 1.93 bits per heavy atom. The van der Waals surface area contributed by atoms with Crippen molar-refractivity contribution in [2.24, 2.45) is 17.1 Å². The second-order valence-corrected chi connectivity index (χ2v) is 4.24. The summed E-state index contributed by atoms with van der Waals surface area (Å²) in [5.74, 6) is 0.348. The molecule has 1 unspecified atom stereocenters. The van der Waals surface area contributed by atoms with Crippen LogP contribution in [0.15, 0.2) is 0 Å². The number of hydrogen-bond donors (Lipinski definition) is 1. The summed E-state index contributed by atoms with van der Waals surface area (Å²) in [7, 11) is 1.66. The second-order valence-electron chi connectivity index (χ2n) is 4.24. The molecule has 0 aliphatic rings. The van der Waals surface area contributed by atoms with Crippen molar-refractivity contribution in [1.82, 2.24) is 0 Å². The van der Waals surface area contributed by atoms with E-state index >= 15 is 0 Å². The van der Waals surface area contributed by atoms with E-state index in [0.717, 1.165) is 19.3 Å². The predicted molar refractivity (Wildman–Crippen MR) is 62.7 cm³/mol. The van der Waals surface area contributed by atoms with Gasteiger partial charge in [0.2, 0.25) is 0 Å². The maximum Gasteiger partial charge on any atom is 0.143 e. The zero-order valence-corrected chi connectivity index (χ0v) is 10.5. The second kappa shape index (κ2) is 6.96. The average Bonchev–Trinajstić information content (AvgIpc) is 2.28. The number of ether oxygens (including phenoxy) is 1. The van der Waals surface area contributed by atoms with Gasteiger partial charge in [-0.1, -0.05) is 20.8 Å². The van der Waals surface area contributed by atoms with Crippen LogP contribution in [0, 0.1) is 11.3 Å². The van der Waals surface area contributed by atoms with Gasteiger partial charge in [0.15, 0.2) is 0 Å². The molecule has 0 saturated heterocycles. The van der Waals surface area contributed by atoms with Gasteiger partial charge in [0.1, 0.15) is 5.78 Å². The smallest absolute Gasteiger partial charge is 0.143 e. The van der Waals surface area contributed by atoms with Crippen LogP contribution < -0.4 is 5.73 Å². The Labute approximate surface area is 93.4 Å². The molecule has 0 aliphatic carbocycles. The van der Waals surface area contributed by atoms with Gasteiger partial charge >= 0.3 is 0 Å². The highest BCUT2D eigenvalue weighted by molar-refractivity contribution is 5.86. The summed E-state index contributed by atoms with van der Waals surface area (Å²) >= 11 is 0. The first-order valence-electron chi connectivity index (χ1n) is 5.81. The van der Waals surface area contributed by atoms with Gasteiger partial charge in [0.25, 0.3) is 0 Å². The molecule has 90 valence electrons. The monoisotopic (exact) mass is 215 g/mol. The molecule has 0 heterocycles. The number of Topliss-reactive ketones (excluding diaryl/α,β-unsaturated/α-hetero) is 1. The van der Waals surface area contributed by atoms with E-state index in [1.807, 2.05) is 20.8 Å². The van der Waals surface area contributed by atoms with E-state index < -0.39 is 0 Å². The third kappa shape index (κ3) is 3.58. The highest BCUT2D eigenvalue weighted by Crippen LogP contribution is 2.30. The quantitative estimate of drug-likeness (QED) is 0.673. The number of rotatable bonds is 8. The van der Waals surface area contributed by atoms with Crippen LogP contribution in [0.1, 0.15) is 40.0 Å². The topological polar surface area (TPSA) is 52.3 Å². The lowest BCUT2D eigenvalue weighted by Crippen LogP contribution is -2.41. The SMILES string of the molecule is CCC(CC)(CN)C(=O)C(C)CCOC. The minimum atomic E-state index is -0.312. The van der Waals surface area contributed by atoms with Crippen LogP contribution in [0.5, 0.6) is 0 Å². The zero-order chi connectivity index (χ0) is 11.9. The van der Waals surface area contributed by atoms with E-state index in [2.05, 4.69) is 0 Å². The van der Waals surface area contributed by atoms with Gasteiger partial charge < -0.3 is 10.5 Å². The molecule has 0 rings (SSSR count). The molecule has 3 nitrogen and oxygen atoms in total. The van der Waals surface area contributed by atoms with Crippen LogP contribution in [-0.2, 0) is 9.53 Å². The van der Waals surface area contributed by atoms with Crippen molar-refractivity contribution in [3.8, 4) is 0 Å². The van der Waals surface area contributed by atoms with Crippen molar-refractivity contribution in [1.29, 1.82) is 0 Å². The third-order valence-electron chi connectivity index (χ3n) is 3.47. The molecular formula is C12H25NO2. The number of ketones is 1. The Balaban J connectivity index is 4.49. The molecule has 2 N–H and O–H groups in total. The van der Waals surface area contributed by atoms with Crippen LogP contribution in [0.2, 0.25) is 0 Å². The Bertz CT molecular complexity index is 180. The Kier molecular flexibility index (Phi) is 6.77. The fourth-order valence-electron chi connectivity index (χ4n) is 1.94. The fraction of sp³-hybridized carbons (Fsp3) is 0.917. The van der Waals surface area contributed by atoms with Crippen molar-refractivity contribution in [3.63, 3.8) is 0 Å². The van der Waals surface area contributed by atoms with E-state index in [1.165, 1.54) is 0 Å². The number of carbonyl (C=O) groups excluding carboxylic acids is 1. The standard InChI is InChI=1S/C12H25NO2/c1-5-12(6-2,9-13)11(14)10(3)7-8-15-4/h10H,5-9,13H2,1-4H3. The van der Waals surface area contributed by atoms with Gasteiger partial charge in [-0.05, 0) is 19.3 Å². The van der Waals surface area contributed by atoms with Gasteiger partial charge in [0.05, 0.1) is 0 Å². The maximum absolute atomic E-state index is 12.2. The van der Waals surface area contributed by atoms with Crippen LogP contribution >= 0.6 is 0 Å². The lowest BCUT2D eigenvalue weighted by atomic mass is 9.73. The highest BCUT2D eigenvalue weighted by Gasteiger charge is 2.35. The van der Waals surface area contributed by atoms with E-state index in [4.69, 9.17) is 10.5 Å². The van der Waals surface area contributed by atoms with E-state index in [0.29, 0.717) is 18.9 Å². The van der Waals surface area contributed by atoms with Gasteiger partial charge in [-0.25, -0.2) is 0 Å². The summed E-state index contributed by atoms with van der Waals surface area (Å²) in [6.07, 6.45) is 2.45. The van der Waals surface area contributed by atoms with Gasteiger partial charge in [-0.15, -0.1) is 0 Å². The molecule has 0 aliphatic heterocycles. The minimum Gasteiger partial charge on any atom is -0.385 e. The van der Waals surface area contributed by atoms with Gasteiger partial charge in [-0.2, -0.15) is 0 Å². The molecule has 0 fully saturated rings. The molecule has 0 aromatic carbocycles. The number of hydrogen-bond acceptors (Lipinski definition) is 3. The zero-order valence-electron chi connectivity index (χ0n) is 10.5. The molecule has 0 amide bonds. The number of methoxy groups -OCH3 is 1. The molecule has 0 saturated carbocycles. The molecule has 0 radical (unpaired) electrons. The normalized spacial score (nSPS) is 13.9. The maximum atomic E-state index is 12.2. The van der Waals surface area contributed by atoms with Crippen molar-refractivity contribution >= 4 is 5.78 Å². The first-order valence-corrected chi connectivity index (χ1v) is 5.81.